The monoisotopic (exact) mass is 529 g/mol. The van der Waals surface area contributed by atoms with Crippen molar-refractivity contribution in [2.24, 2.45) is 5.73 Å². The molecular weight excluding hydrogens is 503 g/mol. The smallest absolute Gasteiger partial charge is 0.416 e. The van der Waals surface area contributed by atoms with Crippen LogP contribution < -0.4 is 16.4 Å². The molecule has 0 aliphatic heterocycles. The molecule has 4 N–H and O–H groups in total. The van der Waals surface area contributed by atoms with Crippen LogP contribution in [-0.4, -0.2) is 67.7 Å². The fourth-order valence-corrected chi connectivity index (χ4v) is 3.14. The first-order chi connectivity index (χ1) is 17.0. The minimum atomic E-state index is -4.49. The van der Waals surface area contributed by atoms with Crippen LogP contribution >= 0.6 is 11.6 Å². The molecule has 2 aromatic carbocycles. The maximum absolute atomic E-state index is 12.8. The molecule has 0 fully saturated rings. The third-order valence-corrected chi connectivity index (χ3v) is 5.40. The van der Waals surface area contributed by atoms with Gasteiger partial charge in [0, 0.05) is 37.4 Å². The molecule has 0 aliphatic carbocycles. The number of hydrogen-bond acceptors (Lipinski definition) is 5. The summed E-state index contributed by atoms with van der Waals surface area (Å²) in [5.74, 6) is -0.307. The standard InChI is InChI=1S/C23H27ClF3N5O4/c1-31(20(33)14-28)10-11-32(21(34)29-15-16-4-2-3-5-19(16)24)12-13-36-22(35)30-18-8-6-17(7-9-18)23(25,26)27/h2-9H,10-15,28H2,1H3,(H,29,34)(H,30,35). The Hall–Kier alpha value is -3.51. The summed E-state index contributed by atoms with van der Waals surface area (Å²) in [4.78, 5) is 39.2. The first kappa shape index (κ1) is 28.7. The van der Waals surface area contributed by atoms with Crippen molar-refractivity contribution in [3.05, 3.63) is 64.7 Å². The minimum absolute atomic E-state index is 0.0144. The summed E-state index contributed by atoms with van der Waals surface area (Å²) in [5, 5.41) is 5.54. The van der Waals surface area contributed by atoms with Gasteiger partial charge in [0.1, 0.15) is 6.61 Å². The lowest BCUT2D eigenvalue weighted by atomic mass is 10.2. The summed E-state index contributed by atoms with van der Waals surface area (Å²) in [5.41, 5.74) is 5.32. The zero-order chi connectivity index (χ0) is 26.7. The van der Waals surface area contributed by atoms with Gasteiger partial charge in [0.2, 0.25) is 5.91 Å². The molecule has 2 aromatic rings. The molecule has 4 amide bonds. The topological polar surface area (TPSA) is 117 Å². The number of alkyl halides is 3. The van der Waals surface area contributed by atoms with Crippen molar-refractivity contribution in [1.29, 1.82) is 0 Å². The lowest BCUT2D eigenvalue weighted by Gasteiger charge is -2.26. The van der Waals surface area contributed by atoms with E-state index >= 15 is 0 Å². The first-order valence-electron chi connectivity index (χ1n) is 10.8. The summed E-state index contributed by atoms with van der Waals surface area (Å²) in [6.07, 6.45) is -5.39. The number of nitrogens with one attached hydrogen (secondary N) is 2. The predicted molar refractivity (Wildman–Crippen MR) is 128 cm³/mol. The van der Waals surface area contributed by atoms with Crippen molar-refractivity contribution >= 4 is 35.3 Å². The normalized spacial score (nSPS) is 10.9. The molecule has 0 atom stereocenters. The van der Waals surface area contributed by atoms with Gasteiger partial charge in [0.25, 0.3) is 0 Å². The van der Waals surface area contributed by atoms with Gasteiger partial charge in [0.05, 0.1) is 18.7 Å². The van der Waals surface area contributed by atoms with Crippen molar-refractivity contribution in [2.45, 2.75) is 12.7 Å². The number of hydrogen-bond donors (Lipinski definition) is 3. The number of nitrogens with two attached hydrogens (primary N) is 1. The van der Waals surface area contributed by atoms with Crippen molar-refractivity contribution in [2.75, 3.05) is 45.2 Å². The van der Waals surface area contributed by atoms with E-state index in [0.717, 1.165) is 24.3 Å². The van der Waals surface area contributed by atoms with Crippen molar-refractivity contribution in [3.63, 3.8) is 0 Å². The molecule has 0 radical (unpaired) electrons. The maximum Gasteiger partial charge on any atom is 0.416 e. The van der Waals surface area contributed by atoms with Gasteiger partial charge < -0.3 is 25.6 Å². The number of halogens is 4. The molecule has 0 aromatic heterocycles. The highest BCUT2D eigenvalue weighted by Crippen LogP contribution is 2.29. The Morgan fingerprint density at radius 3 is 2.31 bits per heavy atom. The van der Waals surface area contributed by atoms with Gasteiger partial charge in [0.15, 0.2) is 0 Å². The van der Waals surface area contributed by atoms with E-state index in [1.54, 1.807) is 31.3 Å². The van der Waals surface area contributed by atoms with Gasteiger partial charge in [-0.25, -0.2) is 9.59 Å². The maximum atomic E-state index is 12.8. The van der Waals surface area contributed by atoms with Crippen molar-refractivity contribution in [3.8, 4) is 0 Å². The molecule has 0 saturated carbocycles. The number of rotatable bonds is 10. The fourth-order valence-electron chi connectivity index (χ4n) is 2.94. The Kier molecular flexibility index (Phi) is 10.8. The van der Waals surface area contributed by atoms with Crippen LogP contribution in [0.15, 0.2) is 48.5 Å². The number of anilines is 1. The zero-order valence-electron chi connectivity index (χ0n) is 19.5. The average molecular weight is 530 g/mol. The van der Waals surface area contributed by atoms with E-state index in [1.807, 2.05) is 0 Å². The van der Waals surface area contributed by atoms with Crippen LogP contribution in [0.25, 0.3) is 0 Å². The van der Waals surface area contributed by atoms with Crippen LogP contribution in [0, 0.1) is 0 Å². The van der Waals surface area contributed by atoms with Gasteiger partial charge in [-0.1, -0.05) is 29.8 Å². The molecule has 0 spiro atoms. The number of ether oxygens (including phenoxy) is 1. The van der Waals surface area contributed by atoms with E-state index in [4.69, 9.17) is 22.1 Å². The third kappa shape index (κ3) is 9.27. The third-order valence-electron chi connectivity index (χ3n) is 5.03. The molecular formula is C23H27ClF3N5O4. The van der Waals surface area contributed by atoms with Crippen LogP contribution in [0.3, 0.4) is 0 Å². The van der Waals surface area contributed by atoms with Crippen LogP contribution in [-0.2, 0) is 22.3 Å². The number of likely N-dealkylation sites (N-methyl/N-ethyl adjacent to an activating group) is 1. The van der Waals surface area contributed by atoms with E-state index in [9.17, 15) is 27.6 Å². The highest BCUT2D eigenvalue weighted by atomic mass is 35.5. The molecule has 2 rings (SSSR count). The Morgan fingerprint density at radius 2 is 1.69 bits per heavy atom. The molecule has 0 saturated heterocycles. The molecule has 0 heterocycles. The van der Waals surface area contributed by atoms with Crippen LogP contribution in [0.1, 0.15) is 11.1 Å². The van der Waals surface area contributed by atoms with E-state index in [0.29, 0.717) is 10.6 Å². The molecule has 0 aliphatic rings. The van der Waals surface area contributed by atoms with Crippen molar-refractivity contribution in [1.82, 2.24) is 15.1 Å². The van der Waals surface area contributed by atoms with Crippen molar-refractivity contribution < 1.29 is 32.3 Å². The molecule has 36 heavy (non-hydrogen) atoms. The Bertz CT molecular complexity index is 1040. The van der Waals surface area contributed by atoms with E-state index in [1.165, 1.54) is 9.80 Å². The predicted octanol–water partition coefficient (Wildman–Crippen LogP) is 3.54. The summed E-state index contributed by atoms with van der Waals surface area (Å²) >= 11 is 6.12. The number of urea groups is 1. The molecule has 196 valence electrons. The lowest BCUT2D eigenvalue weighted by Crippen LogP contribution is -2.46. The number of nitrogens with zero attached hydrogens (tertiary/aromatic N) is 2. The number of carbonyl (C=O) groups is 3. The number of benzene rings is 2. The van der Waals surface area contributed by atoms with E-state index in [2.05, 4.69) is 10.6 Å². The molecule has 13 heteroatoms. The first-order valence-corrected chi connectivity index (χ1v) is 11.2. The highest BCUT2D eigenvalue weighted by Gasteiger charge is 2.30. The molecule has 9 nitrogen and oxygen atoms in total. The largest absolute Gasteiger partial charge is 0.447 e. The second kappa shape index (κ2) is 13.5. The second-order valence-electron chi connectivity index (χ2n) is 7.59. The van der Waals surface area contributed by atoms with Gasteiger partial charge in [-0.2, -0.15) is 13.2 Å². The van der Waals surface area contributed by atoms with Crippen LogP contribution in [0.4, 0.5) is 28.4 Å². The summed E-state index contributed by atoms with van der Waals surface area (Å²) in [6.45, 7) is 0.0675. The minimum Gasteiger partial charge on any atom is -0.447 e. The van der Waals surface area contributed by atoms with Crippen LogP contribution in [0.5, 0.6) is 0 Å². The van der Waals surface area contributed by atoms with Gasteiger partial charge in [-0.05, 0) is 35.9 Å². The Morgan fingerprint density at radius 1 is 1.03 bits per heavy atom. The van der Waals surface area contributed by atoms with Crippen LogP contribution in [0.2, 0.25) is 5.02 Å². The Labute approximate surface area is 211 Å². The Balaban J connectivity index is 1.92. The number of carbonyl (C=O) groups excluding carboxylic acids is 3. The quantitative estimate of drug-likeness (QED) is 0.435. The van der Waals surface area contributed by atoms with Gasteiger partial charge in [-0.3, -0.25) is 10.1 Å². The summed E-state index contributed by atoms with van der Waals surface area (Å²) < 4.78 is 43.0. The van der Waals surface area contributed by atoms with E-state index < -0.39 is 23.9 Å². The molecule has 0 bridgehead atoms. The van der Waals surface area contributed by atoms with E-state index in [-0.39, 0.29) is 50.9 Å². The van der Waals surface area contributed by atoms with Gasteiger partial charge in [-0.15, -0.1) is 0 Å². The summed E-state index contributed by atoms with van der Waals surface area (Å²) in [7, 11) is 1.54. The number of amides is 4. The SMILES string of the molecule is CN(CCN(CCOC(=O)Nc1ccc(C(F)(F)F)cc1)C(=O)NCc1ccccc1Cl)C(=O)CN. The fraction of sp³-hybridized carbons (Fsp3) is 0.348. The summed E-state index contributed by atoms with van der Waals surface area (Å²) in [6, 6.07) is 10.4. The lowest BCUT2D eigenvalue weighted by molar-refractivity contribution is -0.137. The van der Waals surface area contributed by atoms with Gasteiger partial charge >= 0.3 is 18.3 Å². The highest BCUT2D eigenvalue weighted by molar-refractivity contribution is 6.31. The zero-order valence-corrected chi connectivity index (χ0v) is 20.2. The molecule has 0 unspecified atom stereocenters. The second-order valence-corrected chi connectivity index (χ2v) is 8.00. The average Bonchev–Trinajstić information content (AvgIpc) is 2.84.